The van der Waals surface area contributed by atoms with Crippen LogP contribution >= 0.6 is 0 Å². The molecule has 5 rings (SSSR count). The van der Waals surface area contributed by atoms with Gasteiger partial charge in [-0.15, -0.1) is 5.10 Å². The van der Waals surface area contributed by atoms with Gasteiger partial charge in [-0.25, -0.2) is 4.39 Å². The standard InChI is InChI=1S/C26H27FN6O/c1-3-18-15-28-8-6-20(18)22-14-21(25(27)26-23(22)13-17(2)30-26)19-5-4-10-32(16-19)24(34)7-11-33-12-9-29-31-33/h5-6,8-9,12-15,30H,3-4,7,10-11,16H2,1-2H3. The molecular weight excluding hydrogens is 431 g/mol. The van der Waals surface area contributed by atoms with E-state index in [1.807, 2.05) is 31.3 Å². The van der Waals surface area contributed by atoms with E-state index in [2.05, 4.69) is 33.3 Å². The molecular formula is C26H27FN6O. The van der Waals surface area contributed by atoms with Crippen molar-refractivity contribution in [3.63, 3.8) is 0 Å². The summed E-state index contributed by atoms with van der Waals surface area (Å²) in [4.78, 5) is 22.2. The summed E-state index contributed by atoms with van der Waals surface area (Å²) in [6.45, 7) is 5.52. The van der Waals surface area contributed by atoms with Crippen LogP contribution in [0.25, 0.3) is 27.6 Å². The van der Waals surface area contributed by atoms with Crippen molar-refractivity contribution in [2.45, 2.75) is 39.7 Å². The monoisotopic (exact) mass is 458 g/mol. The Bertz CT molecular complexity index is 1370. The minimum absolute atomic E-state index is 0.0286. The second kappa shape index (κ2) is 9.21. The number of aromatic amines is 1. The number of nitrogens with zero attached hydrogens (tertiary/aromatic N) is 5. The lowest BCUT2D eigenvalue weighted by atomic mass is 9.91. The molecule has 4 aromatic rings. The number of pyridine rings is 1. The number of nitrogens with one attached hydrogen (secondary N) is 1. The number of aromatic nitrogens is 5. The van der Waals surface area contributed by atoms with Gasteiger partial charge in [0.2, 0.25) is 5.91 Å². The second-order valence-electron chi connectivity index (χ2n) is 8.66. The third-order valence-corrected chi connectivity index (χ3v) is 6.44. The average Bonchev–Trinajstić information content (AvgIpc) is 3.53. The summed E-state index contributed by atoms with van der Waals surface area (Å²) >= 11 is 0. The molecule has 1 aromatic carbocycles. The summed E-state index contributed by atoms with van der Waals surface area (Å²) in [6.07, 6.45) is 10.9. The number of benzene rings is 1. The fourth-order valence-electron chi connectivity index (χ4n) is 4.70. The van der Waals surface area contributed by atoms with Gasteiger partial charge in [0.05, 0.1) is 18.3 Å². The predicted octanol–water partition coefficient (Wildman–Crippen LogP) is 4.54. The van der Waals surface area contributed by atoms with E-state index in [9.17, 15) is 4.79 Å². The van der Waals surface area contributed by atoms with Gasteiger partial charge in [0.1, 0.15) is 0 Å². The third-order valence-electron chi connectivity index (χ3n) is 6.44. The number of amides is 1. The van der Waals surface area contributed by atoms with E-state index in [0.717, 1.165) is 39.8 Å². The van der Waals surface area contributed by atoms with Crippen LogP contribution < -0.4 is 0 Å². The molecule has 1 amide bonds. The molecule has 1 aliphatic rings. The van der Waals surface area contributed by atoms with Gasteiger partial charge >= 0.3 is 0 Å². The van der Waals surface area contributed by atoms with E-state index >= 15 is 4.39 Å². The molecule has 7 nitrogen and oxygen atoms in total. The Balaban J connectivity index is 1.50. The number of carbonyl (C=O) groups excluding carboxylic acids is 1. The van der Waals surface area contributed by atoms with Crippen molar-refractivity contribution < 1.29 is 9.18 Å². The minimum atomic E-state index is -0.276. The minimum Gasteiger partial charge on any atom is -0.356 e. The Labute approximate surface area is 197 Å². The van der Waals surface area contributed by atoms with E-state index < -0.39 is 0 Å². The highest BCUT2D eigenvalue weighted by molar-refractivity contribution is 5.99. The number of aryl methyl sites for hydroxylation is 3. The molecule has 1 N–H and O–H groups in total. The van der Waals surface area contributed by atoms with Crippen LogP contribution in [0, 0.1) is 12.7 Å². The lowest BCUT2D eigenvalue weighted by Gasteiger charge is -2.28. The molecule has 0 unspecified atom stereocenters. The first-order valence-corrected chi connectivity index (χ1v) is 11.6. The number of halogens is 1. The second-order valence-corrected chi connectivity index (χ2v) is 8.66. The first kappa shape index (κ1) is 22.0. The number of hydrogen-bond acceptors (Lipinski definition) is 4. The van der Waals surface area contributed by atoms with Crippen molar-refractivity contribution in [1.82, 2.24) is 29.9 Å². The highest BCUT2D eigenvalue weighted by Crippen LogP contribution is 2.37. The van der Waals surface area contributed by atoms with E-state index in [-0.39, 0.29) is 11.7 Å². The van der Waals surface area contributed by atoms with Crippen LogP contribution in [0.15, 0.2) is 49.1 Å². The van der Waals surface area contributed by atoms with Crippen LogP contribution in [0.5, 0.6) is 0 Å². The van der Waals surface area contributed by atoms with Gasteiger partial charge in [0.25, 0.3) is 0 Å². The van der Waals surface area contributed by atoms with Crippen LogP contribution in [-0.2, 0) is 17.8 Å². The molecule has 0 spiro atoms. The highest BCUT2D eigenvalue weighted by atomic mass is 19.1. The van der Waals surface area contributed by atoms with Crippen molar-refractivity contribution in [2.24, 2.45) is 0 Å². The first-order valence-electron chi connectivity index (χ1n) is 11.6. The average molecular weight is 459 g/mol. The molecule has 0 atom stereocenters. The van der Waals surface area contributed by atoms with Gasteiger partial charge in [-0.2, -0.15) is 0 Å². The Morgan fingerprint density at radius 2 is 2.09 bits per heavy atom. The molecule has 174 valence electrons. The molecule has 0 saturated heterocycles. The van der Waals surface area contributed by atoms with Crippen LogP contribution in [0.2, 0.25) is 0 Å². The number of fused-ring (bicyclic) bond motifs is 1. The Morgan fingerprint density at radius 3 is 2.88 bits per heavy atom. The van der Waals surface area contributed by atoms with Crippen molar-refractivity contribution in [3.05, 3.63) is 71.7 Å². The van der Waals surface area contributed by atoms with Crippen molar-refractivity contribution in [3.8, 4) is 11.1 Å². The number of H-pyrrole nitrogens is 1. The maximum atomic E-state index is 15.8. The Morgan fingerprint density at radius 1 is 1.21 bits per heavy atom. The first-order chi connectivity index (χ1) is 16.5. The number of carbonyl (C=O) groups is 1. The molecule has 34 heavy (non-hydrogen) atoms. The normalized spacial score (nSPS) is 14.0. The zero-order valence-corrected chi connectivity index (χ0v) is 19.4. The number of hydrogen-bond donors (Lipinski definition) is 1. The van der Waals surface area contributed by atoms with Gasteiger partial charge in [0, 0.05) is 54.7 Å². The van der Waals surface area contributed by atoms with Crippen LogP contribution in [0.4, 0.5) is 4.39 Å². The van der Waals surface area contributed by atoms with E-state index in [1.54, 1.807) is 28.2 Å². The van der Waals surface area contributed by atoms with Gasteiger partial charge in [-0.1, -0.05) is 18.2 Å². The smallest absolute Gasteiger partial charge is 0.224 e. The molecule has 4 heterocycles. The third kappa shape index (κ3) is 4.11. The van der Waals surface area contributed by atoms with Crippen LogP contribution in [-0.4, -0.2) is 48.9 Å². The zero-order chi connectivity index (χ0) is 23.7. The summed E-state index contributed by atoms with van der Waals surface area (Å²) in [7, 11) is 0. The van der Waals surface area contributed by atoms with Crippen LogP contribution in [0.3, 0.4) is 0 Å². The summed E-state index contributed by atoms with van der Waals surface area (Å²) in [5, 5.41) is 8.55. The topological polar surface area (TPSA) is 79.7 Å². The molecule has 0 saturated carbocycles. The molecule has 0 bridgehead atoms. The molecule has 1 aliphatic heterocycles. The highest BCUT2D eigenvalue weighted by Gasteiger charge is 2.24. The molecule has 8 heteroatoms. The van der Waals surface area contributed by atoms with Gasteiger partial charge < -0.3 is 9.88 Å². The molecule has 0 fully saturated rings. The maximum Gasteiger partial charge on any atom is 0.224 e. The molecule has 0 aliphatic carbocycles. The predicted molar refractivity (Wildman–Crippen MR) is 129 cm³/mol. The van der Waals surface area contributed by atoms with Crippen molar-refractivity contribution in [2.75, 3.05) is 13.1 Å². The van der Waals surface area contributed by atoms with E-state index in [0.29, 0.717) is 43.6 Å². The largest absolute Gasteiger partial charge is 0.356 e. The van der Waals surface area contributed by atoms with Crippen molar-refractivity contribution in [1.29, 1.82) is 0 Å². The number of rotatable bonds is 6. The molecule has 3 aromatic heterocycles. The van der Waals surface area contributed by atoms with Crippen LogP contribution in [0.1, 0.15) is 36.6 Å². The fourth-order valence-corrected chi connectivity index (χ4v) is 4.70. The summed E-state index contributed by atoms with van der Waals surface area (Å²) in [5.41, 5.74) is 5.92. The maximum absolute atomic E-state index is 15.8. The lowest BCUT2D eigenvalue weighted by Crippen LogP contribution is -2.36. The van der Waals surface area contributed by atoms with Gasteiger partial charge in [0.15, 0.2) is 5.82 Å². The Kier molecular flexibility index (Phi) is 5.96. The van der Waals surface area contributed by atoms with Gasteiger partial charge in [-0.3, -0.25) is 14.5 Å². The quantitative estimate of drug-likeness (QED) is 0.460. The summed E-state index contributed by atoms with van der Waals surface area (Å²) < 4.78 is 17.4. The van der Waals surface area contributed by atoms with Crippen molar-refractivity contribution >= 4 is 22.4 Å². The zero-order valence-electron chi connectivity index (χ0n) is 19.4. The molecule has 0 radical (unpaired) electrons. The van der Waals surface area contributed by atoms with Gasteiger partial charge in [-0.05, 0) is 60.2 Å². The van der Waals surface area contributed by atoms with E-state index in [4.69, 9.17) is 0 Å². The SMILES string of the molecule is CCc1cnccc1-c1cc(C2=CCCN(C(=O)CCn3ccnn3)C2)c(F)c2[nH]c(C)cc12. The summed E-state index contributed by atoms with van der Waals surface area (Å²) in [6, 6.07) is 5.92. The fraction of sp³-hybridized carbons (Fsp3) is 0.308. The van der Waals surface area contributed by atoms with E-state index in [1.165, 1.54) is 0 Å². The lowest BCUT2D eigenvalue weighted by molar-refractivity contribution is -0.131. The Hall–Kier alpha value is -3.81. The summed E-state index contributed by atoms with van der Waals surface area (Å²) in [5.74, 6) is -0.247.